The number of aromatic nitrogens is 1. The lowest BCUT2D eigenvalue weighted by molar-refractivity contribution is -0.143. The third-order valence-corrected chi connectivity index (χ3v) is 5.97. The molecule has 2 aliphatic rings. The summed E-state index contributed by atoms with van der Waals surface area (Å²) < 4.78 is 12.0. The number of carbonyl (C=O) groups is 1. The molecule has 0 aromatic carbocycles. The molecule has 0 fully saturated rings. The maximum atomic E-state index is 13.1. The number of methoxy groups -OCH3 is 2. The van der Waals surface area contributed by atoms with Gasteiger partial charge in [0.05, 0.1) is 14.2 Å². The van der Waals surface area contributed by atoms with E-state index < -0.39 is 12.0 Å². The zero-order valence-corrected chi connectivity index (χ0v) is 16.2. The zero-order valence-electron chi connectivity index (χ0n) is 15.3. The summed E-state index contributed by atoms with van der Waals surface area (Å²) in [4.78, 5) is 25.2. The Kier molecular flexibility index (Phi) is 5.00. The molecule has 6 nitrogen and oxygen atoms in total. The van der Waals surface area contributed by atoms with Gasteiger partial charge in [-0.3, -0.25) is 9.36 Å². The van der Waals surface area contributed by atoms with Gasteiger partial charge in [0.1, 0.15) is 16.8 Å². The van der Waals surface area contributed by atoms with E-state index in [0.29, 0.717) is 28.6 Å². The van der Waals surface area contributed by atoms with Gasteiger partial charge in [0.15, 0.2) is 5.75 Å². The number of esters is 1. The van der Waals surface area contributed by atoms with E-state index in [4.69, 9.17) is 9.47 Å². The van der Waals surface area contributed by atoms with E-state index in [2.05, 4.69) is 11.9 Å². The molecule has 0 spiro atoms. The summed E-state index contributed by atoms with van der Waals surface area (Å²) in [6.45, 7) is 7.74. The molecule has 1 aromatic heterocycles. The number of anilines is 1. The number of nitrogens with one attached hydrogen (secondary N) is 1. The highest BCUT2D eigenvalue weighted by atomic mass is 32.2. The predicted molar refractivity (Wildman–Crippen MR) is 103 cm³/mol. The summed E-state index contributed by atoms with van der Waals surface area (Å²) in [6, 6.07) is -0.634. The SMILES string of the molecule is C=C/C=C(C)\C(C)=C1\Cc2c(OC)c3n(c(=O)c2N1)[C@H](C(=O)OC)CS3. The lowest BCUT2D eigenvalue weighted by Crippen LogP contribution is -2.31. The Labute approximate surface area is 156 Å². The Morgan fingerprint density at radius 3 is 2.73 bits per heavy atom. The summed E-state index contributed by atoms with van der Waals surface area (Å²) >= 11 is 1.44. The summed E-state index contributed by atoms with van der Waals surface area (Å²) in [5.74, 6) is 0.691. The van der Waals surface area contributed by atoms with Gasteiger partial charge >= 0.3 is 5.97 Å². The highest BCUT2D eigenvalue weighted by Crippen LogP contribution is 2.45. The van der Waals surface area contributed by atoms with E-state index in [0.717, 1.165) is 22.4 Å². The van der Waals surface area contributed by atoms with Crippen molar-refractivity contribution >= 4 is 23.4 Å². The second-order valence-electron chi connectivity index (χ2n) is 6.21. The highest BCUT2D eigenvalue weighted by Gasteiger charge is 2.38. The van der Waals surface area contributed by atoms with Gasteiger partial charge in [0.25, 0.3) is 5.56 Å². The number of hydrogen-bond donors (Lipinski definition) is 1. The van der Waals surface area contributed by atoms with Gasteiger partial charge in [-0.1, -0.05) is 18.7 Å². The topological polar surface area (TPSA) is 69.6 Å². The molecule has 3 heterocycles. The molecular formula is C19H22N2O4S. The molecule has 0 saturated carbocycles. The van der Waals surface area contributed by atoms with Crippen LogP contribution in [-0.4, -0.2) is 30.5 Å². The maximum absolute atomic E-state index is 13.1. The molecule has 0 saturated heterocycles. The van der Waals surface area contributed by atoms with Gasteiger partial charge < -0.3 is 14.8 Å². The number of nitrogens with zero attached hydrogens (tertiary/aromatic N) is 1. The number of allylic oxidation sites excluding steroid dienone is 5. The number of ether oxygens (including phenoxy) is 2. The molecule has 1 aromatic rings. The quantitative estimate of drug-likeness (QED) is 0.645. The first-order valence-corrected chi connectivity index (χ1v) is 9.25. The molecule has 1 atom stereocenters. The van der Waals surface area contributed by atoms with Crippen molar-refractivity contribution in [1.29, 1.82) is 0 Å². The Hall–Kier alpha value is -2.41. The van der Waals surface area contributed by atoms with Gasteiger partial charge in [0, 0.05) is 23.4 Å². The minimum Gasteiger partial charge on any atom is -0.494 e. The predicted octanol–water partition coefficient (Wildman–Crippen LogP) is 3.05. The number of thioether (sulfide) groups is 1. The van der Waals surface area contributed by atoms with Crippen molar-refractivity contribution in [2.45, 2.75) is 31.3 Å². The van der Waals surface area contributed by atoms with Crippen LogP contribution < -0.4 is 15.6 Å². The lowest BCUT2D eigenvalue weighted by Gasteiger charge is -2.15. The van der Waals surface area contributed by atoms with E-state index >= 15 is 0 Å². The van der Waals surface area contributed by atoms with Crippen molar-refractivity contribution in [3.05, 3.63) is 51.5 Å². The second-order valence-corrected chi connectivity index (χ2v) is 7.22. The van der Waals surface area contributed by atoms with Gasteiger partial charge in [-0.25, -0.2) is 4.79 Å². The van der Waals surface area contributed by atoms with Crippen LogP contribution in [0, 0.1) is 0 Å². The fraction of sp³-hybridized carbons (Fsp3) is 0.368. The van der Waals surface area contributed by atoms with Crippen LogP contribution in [0.15, 0.2) is 45.4 Å². The van der Waals surface area contributed by atoms with E-state index in [1.165, 1.54) is 23.4 Å². The van der Waals surface area contributed by atoms with E-state index in [1.807, 2.05) is 19.9 Å². The number of rotatable bonds is 4. The molecule has 2 aliphatic heterocycles. The highest BCUT2D eigenvalue weighted by molar-refractivity contribution is 7.99. The van der Waals surface area contributed by atoms with Crippen LogP contribution in [0.5, 0.6) is 5.75 Å². The van der Waals surface area contributed by atoms with Crippen molar-refractivity contribution < 1.29 is 14.3 Å². The minimum absolute atomic E-state index is 0.218. The summed E-state index contributed by atoms with van der Waals surface area (Å²) in [5, 5.41) is 3.94. The average Bonchev–Trinajstić information content (AvgIpc) is 3.26. The Bertz CT molecular complexity index is 911. The first-order chi connectivity index (χ1) is 12.4. The normalized spacial score (nSPS) is 20.2. The molecule has 0 amide bonds. The van der Waals surface area contributed by atoms with Crippen molar-refractivity contribution in [2.24, 2.45) is 0 Å². The Morgan fingerprint density at radius 2 is 2.12 bits per heavy atom. The summed E-state index contributed by atoms with van der Waals surface area (Å²) in [5.41, 5.74) is 4.18. The summed E-state index contributed by atoms with van der Waals surface area (Å²) in [6.07, 6.45) is 4.25. The lowest BCUT2D eigenvalue weighted by atomic mass is 10.0. The molecule has 0 radical (unpaired) electrons. The molecule has 3 rings (SSSR count). The van der Waals surface area contributed by atoms with Crippen LogP contribution in [0.1, 0.15) is 25.5 Å². The standard InChI is InChI=1S/C19H22N2O4S/c1-6-7-10(2)11(3)13-8-12-15(20-13)17(22)21-14(19(23)25-5)9-26-18(21)16(12)24-4/h6-7,14,20H,1,8-9H2,2-5H3/b10-7-,13-11-/t14-/m0/s1. The smallest absolute Gasteiger partial charge is 0.329 e. The van der Waals surface area contributed by atoms with Crippen molar-refractivity contribution in [3.63, 3.8) is 0 Å². The van der Waals surface area contributed by atoms with E-state index in [-0.39, 0.29) is 5.56 Å². The van der Waals surface area contributed by atoms with E-state index in [1.54, 1.807) is 13.2 Å². The number of hydrogen-bond acceptors (Lipinski definition) is 6. The first-order valence-electron chi connectivity index (χ1n) is 8.27. The van der Waals surface area contributed by atoms with Gasteiger partial charge in [-0.2, -0.15) is 0 Å². The number of fused-ring (bicyclic) bond motifs is 2. The van der Waals surface area contributed by atoms with Crippen LogP contribution in [0.3, 0.4) is 0 Å². The summed E-state index contributed by atoms with van der Waals surface area (Å²) in [7, 11) is 2.92. The van der Waals surface area contributed by atoms with Gasteiger partial charge in [0.2, 0.25) is 0 Å². The van der Waals surface area contributed by atoms with Crippen LogP contribution >= 0.6 is 11.8 Å². The first kappa shape index (κ1) is 18.4. The van der Waals surface area contributed by atoms with Crippen LogP contribution in [-0.2, 0) is 16.0 Å². The Morgan fingerprint density at radius 1 is 1.38 bits per heavy atom. The zero-order chi connectivity index (χ0) is 19.0. The molecular weight excluding hydrogens is 352 g/mol. The number of carbonyl (C=O) groups excluding carboxylic acids is 1. The molecule has 7 heteroatoms. The van der Waals surface area contributed by atoms with Gasteiger partial charge in [-0.15, -0.1) is 11.8 Å². The van der Waals surface area contributed by atoms with Crippen molar-refractivity contribution in [1.82, 2.24) is 4.57 Å². The second kappa shape index (κ2) is 7.07. The fourth-order valence-corrected chi connectivity index (χ4v) is 4.59. The van der Waals surface area contributed by atoms with E-state index in [9.17, 15) is 9.59 Å². The molecule has 0 unspecified atom stereocenters. The molecule has 0 aliphatic carbocycles. The van der Waals surface area contributed by atoms with Crippen LogP contribution in [0.4, 0.5) is 5.69 Å². The fourth-order valence-electron chi connectivity index (χ4n) is 3.30. The minimum atomic E-state index is -0.634. The largest absolute Gasteiger partial charge is 0.494 e. The molecule has 0 bridgehead atoms. The molecule has 138 valence electrons. The van der Waals surface area contributed by atoms with Gasteiger partial charge in [-0.05, 0) is 25.0 Å². The Balaban J connectivity index is 2.16. The van der Waals surface area contributed by atoms with Crippen LogP contribution in [0.25, 0.3) is 0 Å². The third-order valence-electron chi connectivity index (χ3n) is 4.83. The molecule has 1 N–H and O–H groups in total. The third kappa shape index (κ3) is 2.76. The maximum Gasteiger partial charge on any atom is 0.329 e. The number of pyridine rings is 1. The van der Waals surface area contributed by atoms with Crippen molar-refractivity contribution in [3.8, 4) is 5.75 Å². The van der Waals surface area contributed by atoms with Crippen molar-refractivity contribution in [2.75, 3.05) is 25.3 Å². The average molecular weight is 374 g/mol. The monoisotopic (exact) mass is 374 g/mol. The molecule has 26 heavy (non-hydrogen) atoms. The van der Waals surface area contributed by atoms with Crippen LogP contribution in [0.2, 0.25) is 0 Å².